The van der Waals surface area contributed by atoms with Gasteiger partial charge in [-0.15, -0.1) is 9.24 Å². The second kappa shape index (κ2) is 9.89. The molecule has 14 heavy (non-hydrogen) atoms. The van der Waals surface area contributed by atoms with Gasteiger partial charge in [0.25, 0.3) is 0 Å². The van der Waals surface area contributed by atoms with E-state index in [4.69, 9.17) is 0 Å². The van der Waals surface area contributed by atoms with Gasteiger partial charge in [-0.3, -0.25) is 4.90 Å². The molecule has 0 rings (SSSR count). The van der Waals surface area contributed by atoms with Crippen LogP contribution in [0.1, 0.15) is 33.1 Å². The first-order valence-corrected chi connectivity index (χ1v) is 6.70. The molecule has 0 heterocycles. The highest BCUT2D eigenvalue weighted by molar-refractivity contribution is 7.16. The zero-order valence-corrected chi connectivity index (χ0v) is 11.2. The molecule has 0 aliphatic carbocycles. The Morgan fingerprint density at radius 3 is 2.43 bits per heavy atom. The van der Waals surface area contributed by atoms with E-state index in [2.05, 4.69) is 33.3 Å². The molecular formula is C11H27N2P. The van der Waals surface area contributed by atoms with E-state index in [-0.39, 0.29) is 0 Å². The smallest absolute Gasteiger partial charge is 0.0110 e. The zero-order chi connectivity index (χ0) is 10.8. The molecule has 0 amide bonds. The number of nitrogens with zero attached hydrogens (tertiary/aromatic N) is 1. The van der Waals surface area contributed by atoms with Crippen molar-refractivity contribution in [2.75, 3.05) is 32.8 Å². The van der Waals surface area contributed by atoms with Gasteiger partial charge in [-0.2, -0.15) is 0 Å². The highest BCUT2D eigenvalue weighted by Gasteiger charge is 2.14. The molecule has 0 saturated carbocycles. The highest BCUT2D eigenvalue weighted by Crippen LogP contribution is 2.12. The van der Waals surface area contributed by atoms with Crippen LogP contribution in [0.5, 0.6) is 0 Å². The summed E-state index contributed by atoms with van der Waals surface area (Å²) in [6.07, 6.45) is 5.17. The van der Waals surface area contributed by atoms with Gasteiger partial charge in [-0.1, -0.05) is 20.3 Å². The van der Waals surface area contributed by atoms with Crippen LogP contribution >= 0.6 is 9.24 Å². The molecule has 2 nitrogen and oxygen atoms in total. The van der Waals surface area contributed by atoms with Crippen LogP contribution in [-0.4, -0.2) is 43.8 Å². The van der Waals surface area contributed by atoms with Crippen LogP contribution in [0.15, 0.2) is 0 Å². The first-order chi connectivity index (χ1) is 6.79. The third kappa shape index (κ3) is 5.95. The summed E-state index contributed by atoms with van der Waals surface area (Å²) in [6.45, 7) is 8.01. The van der Waals surface area contributed by atoms with Crippen LogP contribution in [0.3, 0.4) is 0 Å². The Kier molecular flexibility index (Phi) is 10.1. The molecular weight excluding hydrogens is 191 g/mol. The predicted molar refractivity (Wildman–Crippen MR) is 69.1 cm³/mol. The maximum Gasteiger partial charge on any atom is 0.0110 e. The van der Waals surface area contributed by atoms with E-state index in [1.807, 2.05) is 7.05 Å². The molecule has 86 valence electrons. The fourth-order valence-electron chi connectivity index (χ4n) is 1.89. The fourth-order valence-corrected chi connectivity index (χ4v) is 2.27. The molecule has 0 aliphatic heterocycles. The average molecular weight is 218 g/mol. The van der Waals surface area contributed by atoms with Crippen molar-refractivity contribution in [3.05, 3.63) is 0 Å². The number of hydrogen-bond acceptors (Lipinski definition) is 2. The fraction of sp³-hybridized carbons (Fsp3) is 1.00. The molecule has 0 bridgehead atoms. The van der Waals surface area contributed by atoms with Gasteiger partial charge in [0.05, 0.1) is 0 Å². The van der Waals surface area contributed by atoms with Gasteiger partial charge in [-0.05, 0) is 32.6 Å². The van der Waals surface area contributed by atoms with E-state index in [0.29, 0.717) is 0 Å². The van der Waals surface area contributed by atoms with Gasteiger partial charge in [0.2, 0.25) is 0 Å². The van der Waals surface area contributed by atoms with Crippen LogP contribution < -0.4 is 5.32 Å². The summed E-state index contributed by atoms with van der Waals surface area (Å²) in [5, 5.41) is 3.22. The minimum atomic E-state index is 0.788. The first-order valence-electron chi connectivity index (χ1n) is 5.88. The average Bonchev–Trinajstić information content (AvgIpc) is 2.19. The Hall–Kier alpha value is 0.350. The van der Waals surface area contributed by atoms with Crippen molar-refractivity contribution in [2.24, 2.45) is 0 Å². The van der Waals surface area contributed by atoms with Gasteiger partial charge >= 0.3 is 0 Å². The van der Waals surface area contributed by atoms with E-state index < -0.39 is 0 Å². The number of rotatable bonds is 9. The molecule has 0 aromatic heterocycles. The van der Waals surface area contributed by atoms with Gasteiger partial charge in [0.15, 0.2) is 0 Å². The van der Waals surface area contributed by atoms with Crippen LogP contribution in [0.25, 0.3) is 0 Å². The van der Waals surface area contributed by atoms with E-state index in [0.717, 1.165) is 12.6 Å². The summed E-state index contributed by atoms with van der Waals surface area (Å²) in [7, 11) is 4.87. The molecule has 0 aliphatic rings. The topological polar surface area (TPSA) is 15.3 Å². The maximum atomic E-state index is 3.22. The lowest BCUT2D eigenvalue weighted by atomic mass is 10.1. The predicted octanol–water partition coefficient (Wildman–Crippen LogP) is 1.96. The van der Waals surface area contributed by atoms with Crippen molar-refractivity contribution in [2.45, 2.75) is 39.2 Å². The molecule has 0 aromatic rings. The summed E-state index contributed by atoms with van der Waals surface area (Å²) in [5.41, 5.74) is 0. The monoisotopic (exact) mass is 218 g/mol. The van der Waals surface area contributed by atoms with E-state index in [1.165, 1.54) is 38.5 Å². The standard InChI is InChI=1S/C11H27N2P/c1-4-6-11(7-10-14)13(5-2)9-8-12-3/h11-12H,4-10,14H2,1-3H3. The summed E-state index contributed by atoms with van der Waals surface area (Å²) in [4.78, 5) is 2.60. The quantitative estimate of drug-likeness (QED) is 0.595. The lowest BCUT2D eigenvalue weighted by Gasteiger charge is -2.30. The van der Waals surface area contributed by atoms with Gasteiger partial charge in [0.1, 0.15) is 0 Å². The molecule has 3 heteroatoms. The Labute approximate surface area is 92.0 Å². The largest absolute Gasteiger partial charge is 0.318 e. The van der Waals surface area contributed by atoms with Gasteiger partial charge in [-0.25, -0.2) is 0 Å². The number of nitrogens with one attached hydrogen (secondary N) is 1. The van der Waals surface area contributed by atoms with Crippen molar-refractivity contribution in [3.63, 3.8) is 0 Å². The van der Waals surface area contributed by atoms with Crippen LogP contribution in [0, 0.1) is 0 Å². The SMILES string of the molecule is CCCC(CCP)N(CC)CCNC. The molecule has 2 atom stereocenters. The molecule has 1 N–H and O–H groups in total. The van der Waals surface area contributed by atoms with Crippen molar-refractivity contribution in [3.8, 4) is 0 Å². The van der Waals surface area contributed by atoms with Crippen molar-refractivity contribution in [1.29, 1.82) is 0 Å². The van der Waals surface area contributed by atoms with Crippen LogP contribution in [0.4, 0.5) is 0 Å². The van der Waals surface area contributed by atoms with Gasteiger partial charge < -0.3 is 5.32 Å². The Morgan fingerprint density at radius 1 is 1.29 bits per heavy atom. The maximum absolute atomic E-state index is 3.22. The summed E-state index contributed by atoms with van der Waals surface area (Å²) < 4.78 is 0. The normalized spacial score (nSPS) is 13.5. The van der Waals surface area contributed by atoms with E-state index in [1.54, 1.807) is 0 Å². The first kappa shape index (κ1) is 14.3. The molecule has 0 radical (unpaired) electrons. The van der Waals surface area contributed by atoms with Crippen LogP contribution in [-0.2, 0) is 0 Å². The zero-order valence-electron chi connectivity index (χ0n) is 10.1. The van der Waals surface area contributed by atoms with Crippen LogP contribution in [0.2, 0.25) is 0 Å². The van der Waals surface area contributed by atoms with Crippen molar-refractivity contribution >= 4 is 9.24 Å². The number of hydrogen-bond donors (Lipinski definition) is 1. The Morgan fingerprint density at radius 2 is 2.00 bits per heavy atom. The Balaban J connectivity index is 3.96. The minimum Gasteiger partial charge on any atom is -0.318 e. The molecule has 0 fully saturated rings. The highest BCUT2D eigenvalue weighted by atomic mass is 31.0. The third-order valence-corrected chi connectivity index (χ3v) is 3.03. The van der Waals surface area contributed by atoms with E-state index in [9.17, 15) is 0 Å². The molecule has 0 saturated heterocycles. The number of likely N-dealkylation sites (N-methyl/N-ethyl adjacent to an activating group) is 2. The molecule has 0 aromatic carbocycles. The third-order valence-electron chi connectivity index (χ3n) is 2.69. The van der Waals surface area contributed by atoms with Gasteiger partial charge in [0, 0.05) is 19.1 Å². The lowest BCUT2D eigenvalue weighted by Crippen LogP contribution is -2.39. The lowest BCUT2D eigenvalue weighted by molar-refractivity contribution is 0.192. The van der Waals surface area contributed by atoms with E-state index >= 15 is 0 Å². The second-order valence-electron chi connectivity index (χ2n) is 3.75. The summed E-state index contributed by atoms with van der Waals surface area (Å²) in [6, 6.07) is 0.788. The van der Waals surface area contributed by atoms with Crippen molar-refractivity contribution < 1.29 is 0 Å². The minimum absolute atomic E-state index is 0.788. The summed E-state index contributed by atoms with van der Waals surface area (Å²) >= 11 is 0. The second-order valence-corrected chi connectivity index (χ2v) is 4.33. The summed E-state index contributed by atoms with van der Waals surface area (Å²) in [5.74, 6) is 0. The van der Waals surface area contributed by atoms with Crippen molar-refractivity contribution in [1.82, 2.24) is 10.2 Å². The Bertz CT molecular complexity index is 114. The molecule has 2 unspecified atom stereocenters. The molecule has 0 spiro atoms.